The number of benzene rings is 2. The predicted molar refractivity (Wildman–Crippen MR) is 166 cm³/mol. The third kappa shape index (κ3) is 7.28. The van der Waals surface area contributed by atoms with Crippen LogP contribution in [0.5, 0.6) is 0 Å². The largest absolute Gasteiger partial charge is 0.444 e. The number of carbonyl (C=O) groups is 2. The summed E-state index contributed by atoms with van der Waals surface area (Å²) in [5.41, 5.74) is 1.72. The number of hydrogen-bond acceptors (Lipinski definition) is 6. The summed E-state index contributed by atoms with van der Waals surface area (Å²) < 4.78 is 39.5. The lowest BCUT2D eigenvalue weighted by molar-refractivity contribution is 0.00849. The summed E-state index contributed by atoms with van der Waals surface area (Å²) in [6, 6.07) is 14.6. The fraction of sp³-hybridized carbons (Fsp3) is 0.576. The van der Waals surface area contributed by atoms with Crippen molar-refractivity contribution < 1.29 is 27.5 Å². The normalized spacial score (nSPS) is 20.9. The smallest absolute Gasteiger partial charge is 0.410 e. The molecule has 2 amide bonds. The van der Waals surface area contributed by atoms with Gasteiger partial charge in [-0.1, -0.05) is 30.3 Å². The molecule has 234 valence electrons. The van der Waals surface area contributed by atoms with Crippen molar-refractivity contribution in [2.24, 2.45) is 5.92 Å². The van der Waals surface area contributed by atoms with E-state index >= 15 is 0 Å². The molecule has 2 aromatic carbocycles. The van der Waals surface area contributed by atoms with Crippen LogP contribution in [0.15, 0.2) is 53.4 Å². The molecule has 10 heteroatoms. The molecule has 43 heavy (non-hydrogen) atoms. The standard InChI is InChI=1S/C33H45N3O6S/c1-32(2,3)41-30(37)34-17-14-23(15-18-34)22-35(31(38)42-33(4,5)6)29-21-27(29)24-12-13-28-25(20-24)16-19-36(28)43(39,40)26-10-8-7-9-11-26/h7-13,20,23,27,29H,14-19,21-22H2,1-6H3/t27-,29+/m0/s1. The van der Waals surface area contributed by atoms with Crippen LogP contribution in [-0.2, 0) is 25.9 Å². The molecule has 5 rings (SSSR count). The Morgan fingerprint density at radius 1 is 0.907 bits per heavy atom. The topological polar surface area (TPSA) is 96.5 Å². The molecule has 9 nitrogen and oxygen atoms in total. The van der Waals surface area contributed by atoms with Gasteiger partial charge in [-0.3, -0.25) is 4.31 Å². The first-order valence-corrected chi connectivity index (χ1v) is 16.7. The SMILES string of the molecule is CC(C)(C)OC(=O)N1CCC(CN(C(=O)OC(C)(C)C)[C@@H]2C[C@H]2c2ccc3c(c2)CCN3S(=O)(=O)c2ccccc2)CC1. The molecule has 0 aromatic heterocycles. The molecule has 0 N–H and O–H groups in total. The highest BCUT2D eigenvalue weighted by Gasteiger charge is 2.47. The number of piperidine rings is 1. The van der Waals surface area contributed by atoms with Crippen molar-refractivity contribution in [1.82, 2.24) is 9.80 Å². The number of likely N-dealkylation sites (tertiary alicyclic amines) is 1. The quantitative estimate of drug-likeness (QED) is 0.387. The Bertz CT molecular complexity index is 1440. The lowest BCUT2D eigenvalue weighted by Gasteiger charge is -2.36. The van der Waals surface area contributed by atoms with Gasteiger partial charge in [0.05, 0.1) is 10.6 Å². The minimum Gasteiger partial charge on any atom is -0.444 e. The second-order valence-corrected chi connectivity index (χ2v) is 15.8. The molecule has 0 radical (unpaired) electrons. The number of fused-ring (bicyclic) bond motifs is 1. The third-order valence-electron chi connectivity index (χ3n) is 8.22. The zero-order valence-electron chi connectivity index (χ0n) is 26.2. The molecule has 2 heterocycles. The second kappa shape index (κ2) is 11.7. The summed E-state index contributed by atoms with van der Waals surface area (Å²) in [7, 11) is -3.63. The lowest BCUT2D eigenvalue weighted by atomic mass is 9.96. The summed E-state index contributed by atoms with van der Waals surface area (Å²) in [4.78, 5) is 29.9. The summed E-state index contributed by atoms with van der Waals surface area (Å²) in [5, 5.41) is 0. The first-order chi connectivity index (χ1) is 20.1. The van der Waals surface area contributed by atoms with Crippen molar-refractivity contribution in [1.29, 1.82) is 0 Å². The Hall–Kier alpha value is -3.27. The Morgan fingerprint density at radius 2 is 1.56 bits per heavy atom. The summed E-state index contributed by atoms with van der Waals surface area (Å²) in [6.07, 6.45) is 2.47. The Labute approximate surface area is 256 Å². The van der Waals surface area contributed by atoms with Crippen LogP contribution in [0.3, 0.4) is 0 Å². The van der Waals surface area contributed by atoms with E-state index < -0.39 is 21.2 Å². The highest BCUT2D eigenvalue weighted by Crippen LogP contribution is 2.47. The number of amides is 2. The van der Waals surface area contributed by atoms with Crippen molar-refractivity contribution >= 4 is 27.9 Å². The van der Waals surface area contributed by atoms with E-state index in [2.05, 4.69) is 6.07 Å². The maximum Gasteiger partial charge on any atom is 0.410 e. The molecule has 1 aliphatic carbocycles. The van der Waals surface area contributed by atoms with Crippen molar-refractivity contribution in [2.45, 2.75) is 95.3 Å². The van der Waals surface area contributed by atoms with Crippen LogP contribution >= 0.6 is 0 Å². The number of sulfonamides is 1. The number of anilines is 1. The predicted octanol–water partition coefficient (Wildman–Crippen LogP) is 6.18. The van der Waals surface area contributed by atoms with E-state index in [4.69, 9.17) is 9.47 Å². The summed E-state index contributed by atoms with van der Waals surface area (Å²) >= 11 is 0. The average Bonchev–Trinajstić information content (AvgIpc) is 3.60. The minimum absolute atomic E-state index is 0.0161. The van der Waals surface area contributed by atoms with Crippen molar-refractivity contribution in [3.8, 4) is 0 Å². The average molecular weight is 612 g/mol. The molecule has 1 saturated heterocycles. The van der Waals surface area contributed by atoms with Crippen LogP contribution in [0, 0.1) is 5.92 Å². The van der Waals surface area contributed by atoms with E-state index in [9.17, 15) is 18.0 Å². The van der Waals surface area contributed by atoms with Gasteiger partial charge >= 0.3 is 12.2 Å². The molecule has 2 atom stereocenters. The van der Waals surface area contributed by atoms with E-state index in [0.29, 0.717) is 37.5 Å². The maximum absolute atomic E-state index is 13.4. The van der Waals surface area contributed by atoms with E-state index in [-0.39, 0.29) is 30.1 Å². The van der Waals surface area contributed by atoms with Gasteiger partial charge in [0.2, 0.25) is 0 Å². The van der Waals surface area contributed by atoms with E-state index in [1.165, 1.54) is 4.31 Å². The van der Waals surface area contributed by atoms with Crippen LogP contribution in [-0.4, -0.2) is 73.8 Å². The molecule has 0 unspecified atom stereocenters. The van der Waals surface area contributed by atoms with Gasteiger partial charge in [0.25, 0.3) is 10.0 Å². The van der Waals surface area contributed by atoms with Crippen molar-refractivity contribution in [3.05, 3.63) is 59.7 Å². The highest BCUT2D eigenvalue weighted by molar-refractivity contribution is 7.92. The van der Waals surface area contributed by atoms with Crippen LogP contribution in [0.2, 0.25) is 0 Å². The molecule has 3 aliphatic rings. The van der Waals surface area contributed by atoms with Gasteiger partial charge in [-0.15, -0.1) is 0 Å². The number of nitrogens with zero attached hydrogens (tertiary/aromatic N) is 3. The third-order valence-corrected chi connectivity index (χ3v) is 10.0. The van der Waals surface area contributed by atoms with Crippen LogP contribution in [0.1, 0.15) is 77.8 Å². The zero-order valence-corrected chi connectivity index (χ0v) is 27.0. The summed E-state index contributed by atoms with van der Waals surface area (Å²) in [5.74, 6) is 0.420. The fourth-order valence-corrected chi connectivity index (χ4v) is 7.57. The molecule has 2 aromatic rings. The molecule has 2 aliphatic heterocycles. The van der Waals surface area contributed by atoms with Crippen molar-refractivity contribution in [3.63, 3.8) is 0 Å². The van der Waals surface area contributed by atoms with Crippen LogP contribution in [0.4, 0.5) is 15.3 Å². The first-order valence-electron chi connectivity index (χ1n) is 15.3. The molecular formula is C33H45N3O6S. The summed E-state index contributed by atoms with van der Waals surface area (Å²) in [6.45, 7) is 13.4. The Kier molecular flexibility index (Phi) is 8.46. The number of carbonyl (C=O) groups excluding carboxylic acids is 2. The van der Waals surface area contributed by atoms with Gasteiger partial charge in [-0.05, 0) is 102 Å². The van der Waals surface area contributed by atoms with E-state index in [0.717, 1.165) is 36.1 Å². The highest BCUT2D eigenvalue weighted by atomic mass is 32.2. The lowest BCUT2D eigenvalue weighted by Crippen LogP contribution is -2.46. The number of rotatable bonds is 6. The maximum atomic E-state index is 13.4. The Balaban J connectivity index is 1.27. The first kappa shape index (κ1) is 31.2. The van der Waals surface area contributed by atoms with Crippen LogP contribution < -0.4 is 4.31 Å². The van der Waals surface area contributed by atoms with Crippen molar-refractivity contribution in [2.75, 3.05) is 30.5 Å². The van der Waals surface area contributed by atoms with Gasteiger partial charge < -0.3 is 19.3 Å². The molecule has 0 spiro atoms. The van der Waals surface area contributed by atoms with E-state index in [1.807, 2.05) is 64.6 Å². The Morgan fingerprint density at radius 3 is 2.19 bits per heavy atom. The molecule has 1 saturated carbocycles. The van der Waals surface area contributed by atoms with Gasteiger partial charge in [-0.25, -0.2) is 18.0 Å². The second-order valence-electron chi connectivity index (χ2n) is 14.0. The monoisotopic (exact) mass is 611 g/mol. The number of hydrogen-bond donors (Lipinski definition) is 0. The van der Waals surface area contributed by atoms with Gasteiger partial charge in [0.1, 0.15) is 11.2 Å². The van der Waals surface area contributed by atoms with Gasteiger partial charge in [-0.2, -0.15) is 0 Å². The molecular weight excluding hydrogens is 566 g/mol. The van der Waals surface area contributed by atoms with Gasteiger partial charge in [0.15, 0.2) is 0 Å². The fourth-order valence-electron chi connectivity index (χ4n) is 6.04. The van der Waals surface area contributed by atoms with E-state index in [1.54, 1.807) is 29.2 Å². The zero-order chi connectivity index (χ0) is 31.2. The molecule has 2 fully saturated rings. The van der Waals surface area contributed by atoms with Crippen LogP contribution in [0.25, 0.3) is 0 Å². The molecule has 0 bridgehead atoms. The minimum atomic E-state index is -3.63. The number of ether oxygens (including phenoxy) is 2. The van der Waals surface area contributed by atoms with Gasteiger partial charge in [0, 0.05) is 38.1 Å².